The fraction of sp³-hybridized carbons (Fsp3) is 0.455. The van der Waals surface area contributed by atoms with Crippen LogP contribution in [0.2, 0.25) is 0 Å². The number of ether oxygens (including phenoxy) is 1. The van der Waals surface area contributed by atoms with E-state index < -0.39 is 0 Å². The predicted octanol–water partition coefficient (Wildman–Crippen LogP) is 2.92. The molecule has 1 N–H and O–H groups in total. The maximum atomic E-state index is 5.39. The van der Waals surface area contributed by atoms with Gasteiger partial charge in [-0.05, 0) is 37.5 Å². The summed E-state index contributed by atoms with van der Waals surface area (Å²) in [6.45, 7) is 6.23. The summed E-state index contributed by atoms with van der Waals surface area (Å²) in [6.07, 6.45) is 0. The number of hydrogen-bond acceptors (Lipinski definition) is 3. The second kappa shape index (κ2) is 4.60. The van der Waals surface area contributed by atoms with Gasteiger partial charge in [0.05, 0.1) is 18.7 Å². The second-order valence-corrected chi connectivity index (χ2v) is 3.69. The highest BCUT2D eigenvalue weighted by atomic mass is 32.1. The van der Waals surface area contributed by atoms with Gasteiger partial charge in [0, 0.05) is 0 Å². The summed E-state index contributed by atoms with van der Waals surface area (Å²) in [5.41, 5.74) is 4.68. The van der Waals surface area contributed by atoms with Crippen LogP contribution in [-0.4, -0.2) is 13.0 Å². The van der Waals surface area contributed by atoms with Gasteiger partial charge in [-0.1, -0.05) is 6.07 Å². The first-order valence-corrected chi connectivity index (χ1v) is 5.24. The first kappa shape index (κ1) is 11.2. The van der Waals surface area contributed by atoms with Crippen molar-refractivity contribution in [1.82, 2.24) is 0 Å². The number of aryl methyl sites for hydroxylation is 2. The quantitative estimate of drug-likeness (QED) is 0.592. The lowest BCUT2D eigenvalue weighted by atomic mass is 10.0. The number of anilines is 1. The van der Waals surface area contributed by atoms with Gasteiger partial charge in [-0.15, -0.1) is 0 Å². The first-order valence-electron chi connectivity index (χ1n) is 4.61. The van der Waals surface area contributed by atoms with Gasteiger partial charge in [0.2, 0.25) is 0 Å². The van der Waals surface area contributed by atoms with Gasteiger partial charge < -0.3 is 10.1 Å². The van der Waals surface area contributed by atoms with Gasteiger partial charge in [0.1, 0.15) is 5.75 Å². The molecule has 0 radical (unpaired) electrons. The molecule has 0 heterocycles. The van der Waals surface area contributed by atoms with E-state index in [0.29, 0.717) is 5.88 Å². The number of thiol groups is 1. The van der Waals surface area contributed by atoms with Gasteiger partial charge in [0.15, 0.2) is 0 Å². The molecule has 0 bridgehead atoms. The summed E-state index contributed by atoms with van der Waals surface area (Å²) >= 11 is 4.16. The predicted molar refractivity (Wildman–Crippen MR) is 64.7 cm³/mol. The Morgan fingerprint density at radius 3 is 2.43 bits per heavy atom. The van der Waals surface area contributed by atoms with E-state index in [-0.39, 0.29) is 0 Å². The highest BCUT2D eigenvalue weighted by Crippen LogP contribution is 2.33. The standard InChI is InChI=1S/C11H17NOS/c1-7-5-8(2)10(12-6-14)11(13-4)9(7)3/h5,12,14H,6H2,1-4H3. The number of nitrogens with one attached hydrogen (secondary N) is 1. The molecule has 1 aromatic carbocycles. The maximum Gasteiger partial charge on any atom is 0.145 e. The Kier molecular flexibility index (Phi) is 3.69. The molecular weight excluding hydrogens is 194 g/mol. The topological polar surface area (TPSA) is 21.3 Å². The van der Waals surface area contributed by atoms with E-state index in [1.807, 2.05) is 0 Å². The Hall–Kier alpha value is -0.830. The number of methoxy groups -OCH3 is 1. The molecule has 1 aromatic rings. The Bertz CT molecular complexity index is 337. The third-order valence-electron chi connectivity index (χ3n) is 2.45. The molecule has 0 aromatic heterocycles. The molecule has 0 aliphatic rings. The fourth-order valence-corrected chi connectivity index (χ4v) is 1.76. The van der Waals surface area contributed by atoms with E-state index in [2.05, 4.69) is 44.8 Å². The lowest BCUT2D eigenvalue weighted by molar-refractivity contribution is 0.413. The SMILES string of the molecule is COc1c(C)c(C)cc(C)c1NCS. The average Bonchev–Trinajstić information content (AvgIpc) is 2.15. The maximum absolute atomic E-state index is 5.39. The molecule has 0 spiro atoms. The molecule has 78 valence electrons. The molecule has 1 rings (SSSR count). The van der Waals surface area contributed by atoms with E-state index >= 15 is 0 Å². The van der Waals surface area contributed by atoms with Crippen molar-refractivity contribution in [3.05, 3.63) is 22.8 Å². The van der Waals surface area contributed by atoms with Crippen molar-refractivity contribution in [2.24, 2.45) is 0 Å². The van der Waals surface area contributed by atoms with Gasteiger partial charge in [-0.2, -0.15) is 12.6 Å². The average molecular weight is 211 g/mol. The normalized spacial score (nSPS) is 10.1. The summed E-state index contributed by atoms with van der Waals surface area (Å²) < 4.78 is 5.39. The van der Waals surface area contributed by atoms with Crippen molar-refractivity contribution >= 4 is 18.3 Å². The van der Waals surface area contributed by atoms with Gasteiger partial charge in [-0.3, -0.25) is 0 Å². The Morgan fingerprint density at radius 1 is 1.29 bits per heavy atom. The van der Waals surface area contributed by atoms with Crippen LogP contribution >= 0.6 is 12.6 Å². The van der Waals surface area contributed by atoms with Crippen LogP contribution < -0.4 is 10.1 Å². The van der Waals surface area contributed by atoms with Gasteiger partial charge in [0.25, 0.3) is 0 Å². The molecule has 0 fully saturated rings. The van der Waals surface area contributed by atoms with Crippen LogP contribution in [-0.2, 0) is 0 Å². The molecule has 0 saturated carbocycles. The highest BCUT2D eigenvalue weighted by Gasteiger charge is 2.10. The van der Waals surface area contributed by atoms with E-state index in [9.17, 15) is 0 Å². The van der Waals surface area contributed by atoms with E-state index in [0.717, 1.165) is 11.4 Å². The number of hydrogen-bond donors (Lipinski definition) is 2. The van der Waals surface area contributed by atoms with Crippen molar-refractivity contribution in [1.29, 1.82) is 0 Å². The van der Waals surface area contributed by atoms with Crippen molar-refractivity contribution in [3.8, 4) is 5.75 Å². The monoisotopic (exact) mass is 211 g/mol. The van der Waals surface area contributed by atoms with E-state index in [1.165, 1.54) is 16.7 Å². The van der Waals surface area contributed by atoms with Gasteiger partial charge >= 0.3 is 0 Å². The van der Waals surface area contributed by atoms with Crippen molar-refractivity contribution < 1.29 is 4.74 Å². The molecule has 0 aliphatic heterocycles. The molecule has 2 nitrogen and oxygen atoms in total. The Balaban J connectivity index is 3.31. The summed E-state index contributed by atoms with van der Waals surface area (Å²) in [6, 6.07) is 2.16. The Morgan fingerprint density at radius 2 is 1.93 bits per heavy atom. The Labute approximate surface area is 91.1 Å². The first-order chi connectivity index (χ1) is 6.61. The molecule has 14 heavy (non-hydrogen) atoms. The smallest absolute Gasteiger partial charge is 0.145 e. The lowest BCUT2D eigenvalue weighted by Gasteiger charge is -2.16. The van der Waals surface area contributed by atoms with Crippen LogP contribution in [0.15, 0.2) is 6.07 Å². The summed E-state index contributed by atoms with van der Waals surface area (Å²) in [4.78, 5) is 0. The molecule has 0 unspecified atom stereocenters. The minimum Gasteiger partial charge on any atom is -0.494 e. The number of benzene rings is 1. The van der Waals surface area contributed by atoms with Crippen molar-refractivity contribution in [2.45, 2.75) is 20.8 Å². The van der Waals surface area contributed by atoms with Crippen LogP contribution in [0.25, 0.3) is 0 Å². The van der Waals surface area contributed by atoms with E-state index in [4.69, 9.17) is 4.74 Å². The van der Waals surface area contributed by atoms with Crippen molar-refractivity contribution in [2.75, 3.05) is 18.3 Å². The van der Waals surface area contributed by atoms with Gasteiger partial charge in [-0.25, -0.2) is 0 Å². The lowest BCUT2D eigenvalue weighted by Crippen LogP contribution is -2.03. The van der Waals surface area contributed by atoms with E-state index in [1.54, 1.807) is 7.11 Å². The van der Waals surface area contributed by atoms with Crippen LogP contribution in [0.1, 0.15) is 16.7 Å². The zero-order valence-electron chi connectivity index (χ0n) is 9.14. The second-order valence-electron chi connectivity index (χ2n) is 3.38. The molecule has 3 heteroatoms. The van der Waals surface area contributed by atoms with Crippen LogP contribution in [0.4, 0.5) is 5.69 Å². The third-order valence-corrected chi connectivity index (χ3v) is 2.60. The molecular formula is C11H17NOS. The van der Waals surface area contributed by atoms with Crippen LogP contribution in [0, 0.1) is 20.8 Å². The summed E-state index contributed by atoms with van der Waals surface area (Å²) in [5.74, 6) is 1.54. The van der Waals surface area contributed by atoms with Crippen molar-refractivity contribution in [3.63, 3.8) is 0 Å². The summed E-state index contributed by atoms with van der Waals surface area (Å²) in [5, 5.41) is 3.20. The summed E-state index contributed by atoms with van der Waals surface area (Å²) in [7, 11) is 1.70. The third kappa shape index (κ3) is 1.98. The minimum absolute atomic E-state index is 0.611. The highest BCUT2D eigenvalue weighted by molar-refractivity contribution is 7.80. The molecule has 0 atom stereocenters. The molecule has 0 aliphatic carbocycles. The number of rotatable bonds is 3. The molecule has 0 amide bonds. The fourth-order valence-electron chi connectivity index (χ4n) is 1.60. The van der Waals surface area contributed by atoms with Crippen LogP contribution in [0.3, 0.4) is 0 Å². The van der Waals surface area contributed by atoms with Crippen LogP contribution in [0.5, 0.6) is 5.75 Å². The molecule has 0 saturated heterocycles. The minimum atomic E-state index is 0.611. The zero-order valence-corrected chi connectivity index (χ0v) is 10.0. The zero-order chi connectivity index (χ0) is 10.7. The largest absolute Gasteiger partial charge is 0.494 e.